The topological polar surface area (TPSA) is 43.1 Å². The SMILES string of the molecule is Cc1sccc1C(=O)C1(N)CCCCC1. The van der Waals surface area contributed by atoms with Crippen molar-refractivity contribution in [1.29, 1.82) is 0 Å². The van der Waals surface area contributed by atoms with Gasteiger partial charge in [0.2, 0.25) is 0 Å². The maximum atomic E-state index is 12.3. The third-order valence-corrected chi connectivity index (χ3v) is 4.15. The molecule has 0 spiro atoms. The molecule has 0 bridgehead atoms. The van der Waals surface area contributed by atoms with Gasteiger partial charge in [0.1, 0.15) is 0 Å². The average Bonchev–Trinajstić information content (AvgIpc) is 2.64. The Morgan fingerprint density at radius 3 is 2.60 bits per heavy atom. The molecular formula is C12H17NOS. The number of nitrogens with two attached hydrogens (primary N) is 1. The summed E-state index contributed by atoms with van der Waals surface area (Å²) in [6.45, 7) is 1.99. The molecule has 1 fully saturated rings. The standard InChI is InChI=1S/C12H17NOS/c1-9-10(5-8-15-9)11(14)12(13)6-3-2-4-7-12/h5,8H,2-4,6-7,13H2,1H3. The number of aryl methyl sites for hydroxylation is 1. The minimum Gasteiger partial charge on any atom is -0.319 e. The molecule has 0 unspecified atom stereocenters. The molecule has 1 aromatic rings. The van der Waals surface area contributed by atoms with Crippen LogP contribution in [0.15, 0.2) is 11.4 Å². The van der Waals surface area contributed by atoms with Crippen molar-refractivity contribution in [2.24, 2.45) is 5.73 Å². The molecule has 1 heterocycles. The highest BCUT2D eigenvalue weighted by atomic mass is 32.1. The Morgan fingerprint density at radius 1 is 1.40 bits per heavy atom. The van der Waals surface area contributed by atoms with E-state index in [0.29, 0.717) is 0 Å². The van der Waals surface area contributed by atoms with E-state index in [-0.39, 0.29) is 5.78 Å². The molecule has 0 atom stereocenters. The van der Waals surface area contributed by atoms with Crippen LogP contribution in [0.25, 0.3) is 0 Å². The minimum absolute atomic E-state index is 0.154. The van der Waals surface area contributed by atoms with Crippen LogP contribution in [0.1, 0.15) is 47.3 Å². The molecule has 1 saturated carbocycles. The highest BCUT2D eigenvalue weighted by Gasteiger charge is 2.36. The number of carbonyl (C=O) groups is 1. The molecule has 0 aromatic carbocycles. The van der Waals surface area contributed by atoms with Gasteiger partial charge >= 0.3 is 0 Å². The summed E-state index contributed by atoms with van der Waals surface area (Å²) in [5, 5.41) is 1.97. The lowest BCUT2D eigenvalue weighted by molar-refractivity contribution is 0.0848. The van der Waals surface area contributed by atoms with E-state index in [2.05, 4.69) is 0 Å². The zero-order valence-electron chi connectivity index (χ0n) is 9.08. The van der Waals surface area contributed by atoms with Crippen molar-refractivity contribution in [2.75, 3.05) is 0 Å². The maximum Gasteiger partial charge on any atom is 0.183 e. The van der Waals surface area contributed by atoms with E-state index < -0.39 is 5.54 Å². The number of ketones is 1. The Bertz CT molecular complexity index is 363. The van der Waals surface area contributed by atoms with Crippen LogP contribution in [-0.4, -0.2) is 11.3 Å². The van der Waals surface area contributed by atoms with E-state index in [4.69, 9.17) is 5.73 Å². The summed E-state index contributed by atoms with van der Waals surface area (Å²) in [6, 6.07) is 1.91. The van der Waals surface area contributed by atoms with Crippen molar-refractivity contribution >= 4 is 17.1 Å². The Morgan fingerprint density at radius 2 is 2.07 bits per heavy atom. The quantitative estimate of drug-likeness (QED) is 0.783. The lowest BCUT2D eigenvalue weighted by Gasteiger charge is -2.31. The first kappa shape index (κ1) is 10.8. The summed E-state index contributed by atoms with van der Waals surface area (Å²) in [5.41, 5.74) is 6.48. The molecule has 2 nitrogen and oxygen atoms in total. The van der Waals surface area contributed by atoms with Crippen molar-refractivity contribution in [3.63, 3.8) is 0 Å². The Labute approximate surface area is 94.5 Å². The third-order valence-electron chi connectivity index (χ3n) is 3.30. The predicted molar refractivity (Wildman–Crippen MR) is 63.4 cm³/mol. The van der Waals surface area contributed by atoms with E-state index in [1.54, 1.807) is 11.3 Å². The lowest BCUT2D eigenvalue weighted by Crippen LogP contribution is -2.49. The molecule has 0 radical (unpaired) electrons. The molecule has 1 aliphatic rings. The highest BCUT2D eigenvalue weighted by Crippen LogP contribution is 2.30. The normalized spacial score (nSPS) is 20.1. The second-order valence-corrected chi connectivity index (χ2v) is 5.56. The second kappa shape index (κ2) is 4.06. The van der Waals surface area contributed by atoms with Crippen LogP contribution in [0, 0.1) is 6.92 Å². The summed E-state index contributed by atoms with van der Waals surface area (Å²) < 4.78 is 0. The van der Waals surface area contributed by atoms with Gasteiger partial charge in [-0.05, 0) is 31.2 Å². The average molecular weight is 223 g/mol. The van der Waals surface area contributed by atoms with Gasteiger partial charge in [0, 0.05) is 10.4 Å². The smallest absolute Gasteiger partial charge is 0.183 e. The molecule has 1 aliphatic carbocycles. The lowest BCUT2D eigenvalue weighted by atomic mass is 9.77. The van der Waals surface area contributed by atoms with Gasteiger partial charge in [0.05, 0.1) is 5.54 Å². The number of rotatable bonds is 2. The van der Waals surface area contributed by atoms with E-state index in [1.807, 2.05) is 18.4 Å². The number of hydrogen-bond donors (Lipinski definition) is 1. The molecule has 15 heavy (non-hydrogen) atoms. The summed E-state index contributed by atoms with van der Waals surface area (Å²) in [4.78, 5) is 13.4. The highest BCUT2D eigenvalue weighted by molar-refractivity contribution is 7.10. The number of hydrogen-bond acceptors (Lipinski definition) is 3. The van der Waals surface area contributed by atoms with E-state index in [9.17, 15) is 4.79 Å². The van der Waals surface area contributed by atoms with Gasteiger partial charge in [-0.15, -0.1) is 11.3 Å². The van der Waals surface area contributed by atoms with Crippen LogP contribution in [0.2, 0.25) is 0 Å². The van der Waals surface area contributed by atoms with Crippen molar-refractivity contribution in [3.8, 4) is 0 Å². The van der Waals surface area contributed by atoms with Crippen LogP contribution in [-0.2, 0) is 0 Å². The summed E-state index contributed by atoms with van der Waals surface area (Å²) in [5.74, 6) is 0.154. The zero-order chi connectivity index (χ0) is 10.9. The minimum atomic E-state index is -0.579. The summed E-state index contributed by atoms with van der Waals surface area (Å²) in [7, 11) is 0. The monoisotopic (exact) mass is 223 g/mol. The Kier molecular flexibility index (Phi) is 2.94. The van der Waals surface area contributed by atoms with E-state index in [1.165, 1.54) is 6.42 Å². The van der Waals surface area contributed by atoms with Gasteiger partial charge < -0.3 is 5.73 Å². The van der Waals surface area contributed by atoms with Gasteiger partial charge in [0.25, 0.3) is 0 Å². The van der Waals surface area contributed by atoms with Crippen molar-refractivity contribution in [1.82, 2.24) is 0 Å². The van der Waals surface area contributed by atoms with E-state index >= 15 is 0 Å². The van der Waals surface area contributed by atoms with Gasteiger partial charge in [-0.3, -0.25) is 4.79 Å². The first-order valence-electron chi connectivity index (χ1n) is 5.51. The number of Topliss-reactive ketones (excluding diaryl/α,β-unsaturated/α-hetero) is 1. The van der Waals surface area contributed by atoms with Crippen LogP contribution < -0.4 is 5.73 Å². The number of thiophene rings is 1. The first-order valence-corrected chi connectivity index (χ1v) is 6.39. The van der Waals surface area contributed by atoms with Crippen LogP contribution in [0.5, 0.6) is 0 Å². The molecule has 0 amide bonds. The fraction of sp³-hybridized carbons (Fsp3) is 0.583. The fourth-order valence-electron chi connectivity index (χ4n) is 2.30. The molecule has 2 N–H and O–H groups in total. The van der Waals surface area contributed by atoms with Crippen molar-refractivity contribution < 1.29 is 4.79 Å². The Hall–Kier alpha value is -0.670. The van der Waals surface area contributed by atoms with Crippen molar-refractivity contribution in [3.05, 3.63) is 21.9 Å². The molecule has 0 aliphatic heterocycles. The molecule has 0 saturated heterocycles. The maximum absolute atomic E-state index is 12.3. The molecule has 1 aromatic heterocycles. The third kappa shape index (κ3) is 1.99. The predicted octanol–water partition coefficient (Wildman–Crippen LogP) is 2.90. The molecule has 3 heteroatoms. The molecule has 2 rings (SSSR count). The molecule has 82 valence electrons. The van der Waals surface area contributed by atoms with Crippen LogP contribution >= 0.6 is 11.3 Å². The fourth-order valence-corrected chi connectivity index (χ4v) is 2.99. The largest absolute Gasteiger partial charge is 0.319 e. The van der Waals surface area contributed by atoms with Gasteiger partial charge in [-0.1, -0.05) is 19.3 Å². The van der Waals surface area contributed by atoms with Crippen LogP contribution in [0.3, 0.4) is 0 Å². The Balaban J connectivity index is 2.23. The summed E-state index contributed by atoms with van der Waals surface area (Å²) >= 11 is 1.62. The van der Waals surface area contributed by atoms with Crippen LogP contribution in [0.4, 0.5) is 0 Å². The van der Waals surface area contributed by atoms with E-state index in [0.717, 1.165) is 36.1 Å². The second-order valence-electron chi connectivity index (χ2n) is 4.44. The van der Waals surface area contributed by atoms with Gasteiger partial charge in [-0.25, -0.2) is 0 Å². The van der Waals surface area contributed by atoms with Crippen molar-refractivity contribution in [2.45, 2.75) is 44.6 Å². The zero-order valence-corrected chi connectivity index (χ0v) is 9.90. The summed E-state index contributed by atoms with van der Waals surface area (Å²) in [6.07, 6.45) is 5.09. The first-order chi connectivity index (χ1) is 7.13. The number of carbonyl (C=O) groups excluding carboxylic acids is 1. The molecular weight excluding hydrogens is 206 g/mol. The van der Waals surface area contributed by atoms with Gasteiger partial charge in [-0.2, -0.15) is 0 Å². The van der Waals surface area contributed by atoms with Gasteiger partial charge in [0.15, 0.2) is 5.78 Å².